The number of nitrogens with zero attached hydrogens (tertiary/aromatic N) is 4. The number of aromatic nitrogens is 4. The fourth-order valence-electron chi connectivity index (χ4n) is 2.14. The van der Waals surface area contributed by atoms with Crippen LogP contribution in [0.15, 0.2) is 73.1 Å². The highest BCUT2D eigenvalue weighted by Gasteiger charge is 2.14. The third-order valence-corrected chi connectivity index (χ3v) is 4.81. The average Bonchev–Trinajstić information content (AvgIpc) is 3.31. The summed E-state index contributed by atoms with van der Waals surface area (Å²) in [6, 6.07) is 17.3. The molecule has 0 saturated heterocycles. The first-order valence-electron chi connectivity index (χ1n) is 7.38. The van der Waals surface area contributed by atoms with Crippen molar-refractivity contribution in [2.45, 2.75) is 11.0 Å². The highest BCUT2D eigenvalue weighted by Crippen LogP contribution is 2.30. The van der Waals surface area contributed by atoms with E-state index < -0.39 is 0 Å². The molecule has 0 unspecified atom stereocenters. The maximum atomic E-state index is 5.68. The normalized spacial score (nSPS) is 10.9. The van der Waals surface area contributed by atoms with Gasteiger partial charge in [0, 0.05) is 10.0 Å². The van der Waals surface area contributed by atoms with Crippen LogP contribution in [0.1, 0.15) is 5.89 Å². The SMILES string of the molecule is Brc1ccccc1-c1nnc(SCc2nnc(-c3ccccc3)o2)o1. The Hall–Kier alpha value is -2.45. The zero-order valence-electron chi connectivity index (χ0n) is 12.8. The zero-order chi connectivity index (χ0) is 17.1. The summed E-state index contributed by atoms with van der Waals surface area (Å²) < 4.78 is 12.2. The minimum Gasteiger partial charge on any atom is -0.420 e. The van der Waals surface area contributed by atoms with E-state index in [1.165, 1.54) is 11.8 Å². The lowest BCUT2D eigenvalue weighted by molar-refractivity contribution is 0.464. The molecule has 2 aromatic carbocycles. The second-order valence-electron chi connectivity index (χ2n) is 5.01. The first kappa shape index (κ1) is 16.0. The van der Waals surface area contributed by atoms with E-state index in [9.17, 15) is 0 Å². The van der Waals surface area contributed by atoms with Crippen LogP contribution in [0.2, 0.25) is 0 Å². The fourth-order valence-corrected chi connectivity index (χ4v) is 3.20. The Kier molecular flexibility index (Phi) is 4.62. The lowest BCUT2D eigenvalue weighted by Gasteiger charge is -1.97. The molecule has 0 aliphatic heterocycles. The Morgan fingerprint density at radius 1 is 0.800 bits per heavy atom. The number of thioether (sulfide) groups is 1. The monoisotopic (exact) mass is 414 g/mol. The lowest BCUT2D eigenvalue weighted by Crippen LogP contribution is -1.80. The summed E-state index contributed by atoms with van der Waals surface area (Å²) >= 11 is 4.83. The highest BCUT2D eigenvalue weighted by atomic mass is 79.9. The minimum absolute atomic E-state index is 0.449. The summed E-state index contributed by atoms with van der Waals surface area (Å²) in [7, 11) is 0. The van der Waals surface area contributed by atoms with E-state index in [1.54, 1.807) is 0 Å². The van der Waals surface area contributed by atoms with Gasteiger partial charge in [-0.15, -0.1) is 20.4 Å². The van der Waals surface area contributed by atoms with E-state index in [4.69, 9.17) is 8.83 Å². The molecule has 0 N–H and O–H groups in total. The van der Waals surface area contributed by atoms with Crippen molar-refractivity contribution in [2.24, 2.45) is 0 Å². The van der Waals surface area contributed by atoms with E-state index in [2.05, 4.69) is 36.3 Å². The molecule has 0 aliphatic carbocycles. The standard InChI is InChI=1S/C17H11BrN4O2S/c18-13-9-5-4-8-12(13)16-21-22-17(24-16)25-10-14-19-20-15(23-14)11-6-2-1-3-7-11/h1-9H,10H2. The molecule has 0 radical (unpaired) electrons. The minimum atomic E-state index is 0.449. The molecule has 4 aromatic rings. The molecular formula is C17H11BrN4O2S. The maximum absolute atomic E-state index is 5.68. The van der Waals surface area contributed by atoms with Gasteiger partial charge in [-0.05, 0) is 40.2 Å². The molecular weight excluding hydrogens is 404 g/mol. The summed E-state index contributed by atoms with van der Waals surface area (Å²) in [5.41, 5.74) is 1.74. The van der Waals surface area contributed by atoms with Crippen molar-refractivity contribution in [3.8, 4) is 22.9 Å². The van der Waals surface area contributed by atoms with Gasteiger partial charge in [-0.25, -0.2) is 0 Å². The summed E-state index contributed by atoms with van der Waals surface area (Å²) in [6.07, 6.45) is 0. The molecule has 6 nitrogen and oxygen atoms in total. The van der Waals surface area contributed by atoms with Gasteiger partial charge in [-0.1, -0.05) is 42.1 Å². The number of hydrogen-bond donors (Lipinski definition) is 0. The van der Waals surface area contributed by atoms with E-state index in [1.807, 2.05) is 54.6 Å². The predicted octanol–water partition coefficient (Wildman–Crippen LogP) is 4.84. The van der Waals surface area contributed by atoms with Crippen LogP contribution in [-0.4, -0.2) is 20.4 Å². The smallest absolute Gasteiger partial charge is 0.277 e. The Morgan fingerprint density at radius 3 is 2.40 bits per heavy atom. The Bertz CT molecular complexity index is 987. The van der Waals surface area contributed by atoms with Crippen molar-refractivity contribution in [1.29, 1.82) is 0 Å². The first-order chi connectivity index (χ1) is 12.3. The summed E-state index contributed by atoms with van der Waals surface area (Å²) in [5, 5.41) is 16.7. The van der Waals surface area contributed by atoms with Crippen LogP contribution in [0, 0.1) is 0 Å². The third kappa shape index (κ3) is 3.64. The maximum Gasteiger partial charge on any atom is 0.277 e. The summed E-state index contributed by atoms with van der Waals surface area (Å²) in [4.78, 5) is 0. The van der Waals surface area contributed by atoms with Crippen LogP contribution in [0.3, 0.4) is 0 Å². The van der Waals surface area contributed by atoms with Crippen molar-refractivity contribution >= 4 is 27.7 Å². The van der Waals surface area contributed by atoms with Crippen LogP contribution < -0.4 is 0 Å². The third-order valence-electron chi connectivity index (χ3n) is 3.32. The molecule has 8 heteroatoms. The van der Waals surface area contributed by atoms with Gasteiger partial charge in [0.2, 0.25) is 17.7 Å². The van der Waals surface area contributed by atoms with E-state index in [0.29, 0.717) is 28.6 Å². The van der Waals surface area contributed by atoms with Gasteiger partial charge < -0.3 is 8.83 Å². The van der Waals surface area contributed by atoms with E-state index in [-0.39, 0.29) is 0 Å². The molecule has 0 saturated carbocycles. The number of benzene rings is 2. The molecule has 2 heterocycles. The Labute approximate surface area is 155 Å². The van der Waals surface area contributed by atoms with Crippen LogP contribution in [0.4, 0.5) is 0 Å². The molecule has 0 amide bonds. The van der Waals surface area contributed by atoms with Gasteiger partial charge in [0.1, 0.15) is 0 Å². The number of hydrogen-bond acceptors (Lipinski definition) is 7. The lowest BCUT2D eigenvalue weighted by atomic mass is 10.2. The largest absolute Gasteiger partial charge is 0.420 e. The van der Waals surface area contributed by atoms with Gasteiger partial charge in [-0.2, -0.15) is 0 Å². The van der Waals surface area contributed by atoms with Gasteiger partial charge in [0.25, 0.3) is 5.22 Å². The second-order valence-corrected chi connectivity index (χ2v) is 6.79. The van der Waals surface area contributed by atoms with Crippen LogP contribution >= 0.6 is 27.7 Å². The quantitative estimate of drug-likeness (QED) is 0.432. The first-order valence-corrected chi connectivity index (χ1v) is 9.16. The Balaban J connectivity index is 1.44. The average molecular weight is 415 g/mol. The van der Waals surface area contributed by atoms with Crippen LogP contribution in [0.25, 0.3) is 22.9 Å². The molecule has 0 aliphatic rings. The molecule has 4 rings (SSSR count). The van der Waals surface area contributed by atoms with Crippen molar-refractivity contribution in [3.63, 3.8) is 0 Å². The van der Waals surface area contributed by atoms with Gasteiger partial charge in [0.15, 0.2) is 0 Å². The van der Waals surface area contributed by atoms with Gasteiger partial charge >= 0.3 is 0 Å². The van der Waals surface area contributed by atoms with E-state index >= 15 is 0 Å². The Morgan fingerprint density at radius 2 is 1.56 bits per heavy atom. The highest BCUT2D eigenvalue weighted by molar-refractivity contribution is 9.10. The van der Waals surface area contributed by atoms with Crippen molar-refractivity contribution in [2.75, 3.05) is 0 Å². The van der Waals surface area contributed by atoms with Crippen LogP contribution in [0.5, 0.6) is 0 Å². The van der Waals surface area contributed by atoms with E-state index in [0.717, 1.165) is 15.6 Å². The number of rotatable bonds is 5. The van der Waals surface area contributed by atoms with Crippen molar-refractivity contribution in [1.82, 2.24) is 20.4 Å². The van der Waals surface area contributed by atoms with Crippen molar-refractivity contribution in [3.05, 3.63) is 65.0 Å². The fraction of sp³-hybridized carbons (Fsp3) is 0.0588. The molecule has 0 fully saturated rings. The van der Waals surface area contributed by atoms with Crippen molar-refractivity contribution < 1.29 is 8.83 Å². The molecule has 124 valence electrons. The van der Waals surface area contributed by atoms with Crippen LogP contribution in [-0.2, 0) is 5.75 Å². The topological polar surface area (TPSA) is 77.8 Å². The molecule has 0 spiro atoms. The molecule has 0 bridgehead atoms. The zero-order valence-corrected chi connectivity index (χ0v) is 15.2. The summed E-state index contributed by atoms with van der Waals surface area (Å²) in [5.74, 6) is 1.92. The second kappa shape index (κ2) is 7.20. The molecule has 25 heavy (non-hydrogen) atoms. The molecule has 2 aromatic heterocycles. The predicted molar refractivity (Wildman–Crippen MR) is 96.7 cm³/mol. The van der Waals surface area contributed by atoms with Gasteiger partial charge in [-0.3, -0.25) is 0 Å². The summed E-state index contributed by atoms with van der Waals surface area (Å²) in [6.45, 7) is 0. The van der Waals surface area contributed by atoms with Gasteiger partial charge in [0.05, 0.1) is 11.3 Å². The molecule has 0 atom stereocenters. The number of halogens is 1.